The van der Waals surface area contributed by atoms with Crippen molar-refractivity contribution in [3.63, 3.8) is 0 Å². The van der Waals surface area contributed by atoms with Gasteiger partial charge in [-0.25, -0.2) is 23.2 Å². The number of aromatic nitrogens is 3. The van der Waals surface area contributed by atoms with E-state index in [1.54, 1.807) is 30.7 Å². The number of amides is 1. The van der Waals surface area contributed by atoms with Crippen LogP contribution < -0.4 is 5.32 Å². The molecule has 0 bridgehead atoms. The molecule has 3 atom stereocenters. The van der Waals surface area contributed by atoms with Crippen molar-refractivity contribution in [2.24, 2.45) is 11.8 Å². The van der Waals surface area contributed by atoms with Crippen LogP contribution in [0.2, 0.25) is 0 Å². The Kier molecular flexibility index (Phi) is 8.97. The van der Waals surface area contributed by atoms with Crippen LogP contribution in [-0.2, 0) is 26.0 Å². The molecule has 1 aromatic carbocycles. The third-order valence-corrected chi connectivity index (χ3v) is 10.4. The molecule has 5 rings (SSSR count). The van der Waals surface area contributed by atoms with Crippen molar-refractivity contribution in [2.75, 3.05) is 5.32 Å². The maximum Gasteiger partial charge on any atom is 0.340 e. The number of rotatable bonds is 12. The van der Waals surface area contributed by atoms with Gasteiger partial charge in [-0.15, -0.1) is 6.58 Å². The van der Waals surface area contributed by atoms with Gasteiger partial charge in [0.15, 0.2) is 5.03 Å². The van der Waals surface area contributed by atoms with E-state index in [1.165, 1.54) is 6.20 Å². The van der Waals surface area contributed by atoms with E-state index < -0.39 is 21.1 Å². The summed E-state index contributed by atoms with van der Waals surface area (Å²) in [7, 11) is -3.57. The molecule has 2 saturated carbocycles. The van der Waals surface area contributed by atoms with Crippen molar-refractivity contribution >= 4 is 27.5 Å². The van der Waals surface area contributed by atoms with E-state index in [0.717, 1.165) is 44.1 Å². The highest BCUT2D eigenvalue weighted by Crippen LogP contribution is 2.40. The zero-order chi connectivity index (χ0) is 28.8. The number of ether oxygens (including phenoxy) is 1. The van der Waals surface area contributed by atoms with Gasteiger partial charge in [0.1, 0.15) is 12.4 Å². The highest BCUT2D eigenvalue weighted by atomic mass is 32.2. The van der Waals surface area contributed by atoms with Crippen molar-refractivity contribution in [3.8, 4) is 0 Å². The molecule has 1 N–H and O–H groups in total. The monoisotopic (exact) mass is 576 g/mol. The second-order valence-electron chi connectivity index (χ2n) is 10.9. The number of nitrogens with one attached hydrogen (secondary N) is 1. The Labute approximate surface area is 241 Å². The lowest BCUT2D eigenvalue weighted by atomic mass is 9.83. The molecular formula is C31H36N4O5S. The summed E-state index contributed by atoms with van der Waals surface area (Å²) in [6, 6.07) is 12.7. The van der Waals surface area contributed by atoms with E-state index in [-0.39, 0.29) is 35.4 Å². The van der Waals surface area contributed by atoms with Crippen molar-refractivity contribution in [3.05, 3.63) is 85.0 Å². The summed E-state index contributed by atoms with van der Waals surface area (Å²) >= 11 is 0. The topological polar surface area (TPSA) is 120 Å². The lowest BCUT2D eigenvalue weighted by Gasteiger charge is -2.30. The van der Waals surface area contributed by atoms with Gasteiger partial charge in [0.25, 0.3) is 0 Å². The summed E-state index contributed by atoms with van der Waals surface area (Å²) in [6.45, 7) is 3.95. The Balaban J connectivity index is 1.12. The van der Waals surface area contributed by atoms with Crippen LogP contribution in [0.3, 0.4) is 0 Å². The summed E-state index contributed by atoms with van der Waals surface area (Å²) < 4.78 is 33.7. The number of hydrogen-bond acceptors (Lipinski definition) is 7. The molecule has 2 aromatic heterocycles. The van der Waals surface area contributed by atoms with Gasteiger partial charge in [0.2, 0.25) is 15.7 Å². The van der Waals surface area contributed by atoms with E-state index in [1.807, 2.05) is 34.9 Å². The molecule has 3 aromatic rings. The third-order valence-electron chi connectivity index (χ3n) is 8.30. The fourth-order valence-electron chi connectivity index (χ4n) is 5.79. The molecule has 0 aliphatic heterocycles. The molecule has 10 heteroatoms. The van der Waals surface area contributed by atoms with Gasteiger partial charge in [-0.2, -0.15) is 0 Å². The molecule has 2 aliphatic rings. The van der Waals surface area contributed by atoms with Gasteiger partial charge >= 0.3 is 5.97 Å². The minimum absolute atomic E-state index is 0.101. The molecule has 216 valence electrons. The number of nitrogens with zero attached hydrogens (tertiary/aromatic N) is 3. The number of carbonyl (C=O) groups excluding carboxylic acids is 2. The predicted octanol–water partition coefficient (Wildman–Crippen LogP) is 5.52. The van der Waals surface area contributed by atoms with Gasteiger partial charge in [-0.05, 0) is 61.6 Å². The Hall–Kier alpha value is -3.79. The van der Waals surface area contributed by atoms with E-state index >= 15 is 0 Å². The van der Waals surface area contributed by atoms with E-state index in [2.05, 4.69) is 21.9 Å². The average Bonchev–Trinajstić information content (AvgIpc) is 3.63. The third kappa shape index (κ3) is 6.75. The molecule has 41 heavy (non-hydrogen) atoms. The lowest BCUT2D eigenvalue weighted by Crippen LogP contribution is -2.32. The van der Waals surface area contributed by atoms with Gasteiger partial charge in [-0.1, -0.05) is 49.2 Å². The van der Waals surface area contributed by atoms with E-state index in [4.69, 9.17) is 4.74 Å². The van der Waals surface area contributed by atoms with Crippen molar-refractivity contribution in [1.82, 2.24) is 14.5 Å². The highest BCUT2D eigenvalue weighted by Gasteiger charge is 2.38. The van der Waals surface area contributed by atoms with Crippen LogP contribution in [0.25, 0.3) is 0 Å². The number of sulfone groups is 1. The van der Waals surface area contributed by atoms with Gasteiger partial charge < -0.3 is 14.6 Å². The quantitative estimate of drug-likeness (QED) is 0.223. The predicted molar refractivity (Wildman–Crippen MR) is 155 cm³/mol. The average molecular weight is 577 g/mol. The first-order valence-electron chi connectivity index (χ1n) is 14.2. The van der Waals surface area contributed by atoms with Crippen LogP contribution in [-0.4, -0.2) is 40.1 Å². The highest BCUT2D eigenvalue weighted by molar-refractivity contribution is 7.92. The van der Waals surface area contributed by atoms with Crippen LogP contribution in [0.1, 0.15) is 73.3 Å². The number of anilines is 1. The van der Waals surface area contributed by atoms with Gasteiger partial charge in [0.05, 0.1) is 17.1 Å². The minimum atomic E-state index is -3.57. The van der Waals surface area contributed by atoms with E-state index in [0.29, 0.717) is 24.2 Å². The zero-order valence-corrected chi connectivity index (χ0v) is 23.8. The number of hydrogen-bond donors (Lipinski definition) is 1. The number of esters is 1. The molecule has 0 saturated heterocycles. The molecule has 2 fully saturated rings. The van der Waals surface area contributed by atoms with Crippen molar-refractivity contribution in [1.29, 1.82) is 0 Å². The SMILES string of the molecule is C=CC(C1CCC1)S(=O)(=O)c1cn(C2CCCC2CCC(=O)Nc2ccc(C(=O)OCc3ccccc3)cn2)cn1. The molecule has 0 spiro atoms. The maximum absolute atomic E-state index is 13.2. The minimum Gasteiger partial charge on any atom is -0.457 e. The molecule has 1 amide bonds. The van der Waals surface area contributed by atoms with Crippen LogP contribution in [0, 0.1) is 11.8 Å². The second-order valence-corrected chi connectivity index (χ2v) is 13.0. The number of imidazole rings is 1. The zero-order valence-electron chi connectivity index (χ0n) is 23.0. The fraction of sp³-hybridized carbons (Fsp3) is 0.419. The summed E-state index contributed by atoms with van der Waals surface area (Å²) in [6.07, 6.45) is 13.0. The van der Waals surface area contributed by atoms with Gasteiger partial charge in [-0.3, -0.25) is 4.79 Å². The van der Waals surface area contributed by atoms with Crippen molar-refractivity contribution < 1.29 is 22.7 Å². The summed E-state index contributed by atoms with van der Waals surface area (Å²) in [4.78, 5) is 33.5. The fourth-order valence-corrected chi connectivity index (χ4v) is 7.56. The molecule has 2 heterocycles. The Morgan fingerprint density at radius 3 is 2.54 bits per heavy atom. The number of benzene rings is 1. The van der Waals surface area contributed by atoms with Crippen LogP contribution in [0.15, 0.2) is 78.9 Å². The molecule has 3 unspecified atom stereocenters. The summed E-state index contributed by atoms with van der Waals surface area (Å²) in [5, 5.41) is 2.31. The Morgan fingerprint density at radius 2 is 1.85 bits per heavy atom. The van der Waals surface area contributed by atoms with Crippen molar-refractivity contribution in [2.45, 2.75) is 74.3 Å². The lowest BCUT2D eigenvalue weighted by molar-refractivity contribution is -0.116. The number of carbonyl (C=O) groups is 2. The van der Waals surface area contributed by atoms with Gasteiger partial charge in [0, 0.05) is 24.9 Å². The molecule has 0 radical (unpaired) electrons. The van der Waals surface area contributed by atoms with Crippen LogP contribution in [0.5, 0.6) is 0 Å². The normalized spacial score (nSPS) is 19.7. The first-order valence-corrected chi connectivity index (χ1v) is 15.8. The summed E-state index contributed by atoms with van der Waals surface area (Å²) in [5.41, 5.74) is 1.20. The molecular weight excluding hydrogens is 540 g/mol. The van der Waals surface area contributed by atoms with Crippen LogP contribution in [0.4, 0.5) is 5.82 Å². The van der Waals surface area contributed by atoms with E-state index in [9.17, 15) is 18.0 Å². The molecule has 9 nitrogen and oxygen atoms in total. The Morgan fingerprint density at radius 1 is 1.07 bits per heavy atom. The first kappa shape index (κ1) is 28.7. The molecule has 2 aliphatic carbocycles. The summed E-state index contributed by atoms with van der Waals surface area (Å²) in [5.74, 6) is 0.0858. The first-order chi connectivity index (χ1) is 19.8. The number of pyridine rings is 1. The second kappa shape index (κ2) is 12.8. The standard InChI is InChI=1S/C31H36N4O5S/c1-2-27(24-11-6-12-24)41(38,39)30-19-35(21-33-30)26-13-7-10-23(26)15-17-29(36)34-28-16-14-25(18-32-28)31(37)40-20-22-8-4-3-5-9-22/h2-5,8-9,14,16,18-19,21,23-24,26-27H,1,6-7,10-13,15,17,20H2,(H,32,34,36). The largest absolute Gasteiger partial charge is 0.457 e. The Bertz CT molecular complexity index is 1470. The van der Waals surface area contributed by atoms with Crippen LogP contribution >= 0.6 is 0 Å². The smallest absolute Gasteiger partial charge is 0.340 e. The maximum atomic E-state index is 13.2.